The molecule has 3 aliphatic rings. The number of urea groups is 1. The Hall–Kier alpha value is -2.46. The number of hydrogen-bond acceptors (Lipinski definition) is 6. The minimum atomic E-state index is -0.514. The van der Waals surface area contributed by atoms with Crippen molar-refractivity contribution in [2.75, 3.05) is 45.9 Å². The van der Waals surface area contributed by atoms with E-state index in [1.54, 1.807) is 15.8 Å². The molecule has 4 heterocycles. The van der Waals surface area contributed by atoms with Crippen molar-refractivity contribution in [3.05, 3.63) is 18.0 Å². The fraction of sp³-hybridized carbons (Fsp3) is 0.684. The lowest BCUT2D eigenvalue weighted by Gasteiger charge is -2.43. The summed E-state index contributed by atoms with van der Waals surface area (Å²) in [5.74, 6) is -0.629. The molecule has 0 aromatic carbocycles. The summed E-state index contributed by atoms with van der Waals surface area (Å²) in [6, 6.07) is -0.813. The van der Waals surface area contributed by atoms with Crippen LogP contribution in [0.5, 0.6) is 0 Å². The lowest BCUT2D eigenvalue weighted by molar-refractivity contribution is -0.150. The molecule has 0 unspecified atom stereocenters. The van der Waals surface area contributed by atoms with Crippen molar-refractivity contribution in [2.45, 2.75) is 31.4 Å². The average molecular weight is 404 g/mol. The molecule has 1 N–H and O–H groups in total. The molecule has 0 radical (unpaired) electrons. The molecule has 3 fully saturated rings. The highest BCUT2D eigenvalue weighted by atomic mass is 16.5. The Bertz CT molecular complexity index is 759. The van der Waals surface area contributed by atoms with Gasteiger partial charge in [-0.25, -0.2) is 4.79 Å². The van der Waals surface area contributed by atoms with Crippen molar-refractivity contribution in [1.29, 1.82) is 0 Å². The van der Waals surface area contributed by atoms with E-state index in [0.717, 1.165) is 30.1 Å². The van der Waals surface area contributed by atoms with Crippen molar-refractivity contribution in [3.8, 4) is 0 Å². The number of nitrogens with zero attached hydrogens (tertiary/aromatic N) is 5. The number of carbonyl (C=O) groups is 3. The Balaban J connectivity index is 1.54. The van der Waals surface area contributed by atoms with Gasteiger partial charge in [-0.05, 0) is 25.9 Å². The molecule has 0 spiro atoms. The molecule has 158 valence electrons. The first-order valence-electron chi connectivity index (χ1n) is 10.2. The highest BCUT2D eigenvalue weighted by Crippen LogP contribution is 2.31. The second-order valence-corrected chi connectivity index (χ2v) is 7.89. The number of imide groups is 1. The normalized spacial score (nSPS) is 26.1. The van der Waals surface area contributed by atoms with Crippen LogP contribution in [-0.4, -0.2) is 94.3 Å². The van der Waals surface area contributed by atoms with Gasteiger partial charge in [0.05, 0.1) is 31.5 Å². The smallest absolute Gasteiger partial charge is 0.325 e. The van der Waals surface area contributed by atoms with Crippen LogP contribution in [0.15, 0.2) is 12.4 Å². The van der Waals surface area contributed by atoms with Crippen molar-refractivity contribution in [2.24, 2.45) is 7.05 Å². The van der Waals surface area contributed by atoms with E-state index in [4.69, 9.17) is 4.74 Å². The first kappa shape index (κ1) is 19.8. The van der Waals surface area contributed by atoms with Gasteiger partial charge in [0.25, 0.3) is 5.91 Å². The van der Waals surface area contributed by atoms with E-state index in [1.165, 1.54) is 19.3 Å². The Morgan fingerprint density at radius 3 is 2.69 bits per heavy atom. The van der Waals surface area contributed by atoms with E-state index in [2.05, 4.69) is 15.3 Å². The zero-order valence-corrected chi connectivity index (χ0v) is 16.7. The molecule has 4 amide bonds. The molecule has 3 aliphatic heterocycles. The molecular weight excluding hydrogens is 376 g/mol. The SMILES string of the molecule is Cn1cc([C@H]2[C@H](CN3CCCCC3)OCCN2C(=O)CN2C(=O)CNC2=O)cn1. The van der Waals surface area contributed by atoms with Gasteiger partial charge in [0.2, 0.25) is 5.91 Å². The summed E-state index contributed by atoms with van der Waals surface area (Å²) in [4.78, 5) is 42.0. The van der Waals surface area contributed by atoms with E-state index in [0.29, 0.717) is 13.2 Å². The molecule has 3 saturated heterocycles. The lowest BCUT2D eigenvalue weighted by Crippen LogP contribution is -2.54. The number of aryl methyl sites for hydroxylation is 1. The van der Waals surface area contributed by atoms with Gasteiger partial charge in [-0.1, -0.05) is 6.42 Å². The maximum atomic E-state index is 13.1. The van der Waals surface area contributed by atoms with Gasteiger partial charge >= 0.3 is 6.03 Å². The summed E-state index contributed by atoms with van der Waals surface area (Å²) in [6.45, 7) is 3.36. The Kier molecular flexibility index (Phi) is 5.81. The van der Waals surface area contributed by atoms with Gasteiger partial charge in [0.15, 0.2) is 0 Å². The summed E-state index contributed by atoms with van der Waals surface area (Å²) < 4.78 is 7.83. The molecule has 10 heteroatoms. The van der Waals surface area contributed by atoms with Gasteiger partial charge in [-0.3, -0.25) is 19.2 Å². The second-order valence-electron chi connectivity index (χ2n) is 7.89. The molecule has 29 heavy (non-hydrogen) atoms. The molecule has 0 aliphatic carbocycles. The van der Waals surface area contributed by atoms with Crippen LogP contribution >= 0.6 is 0 Å². The number of morpholine rings is 1. The van der Waals surface area contributed by atoms with E-state index >= 15 is 0 Å². The number of aromatic nitrogens is 2. The zero-order valence-electron chi connectivity index (χ0n) is 16.7. The minimum Gasteiger partial charge on any atom is -0.373 e. The third kappa shape index (κ3) is 4.27. The lowest BCUT2D eigenvalue weighted by atomic mass is 9.99. The summed E-state index contributed by atoms with van der Waals surface area (Å²) in [5, 5.41) is 6.73. The molecule has 1 aromatic rings. The Morgan fingerprint density at radius 2 is 2.03 bits per heavy atom. The quantitative estimate of drug-likeness (QED) is 0.678. The second kappa shape index (κ2) is 8.50. The third-order valence-electron chi connectivity index (χ3n) is 5.86. The van der Waals surface area contributed by atoms with Crippen LogP contribution in [0.2, 0.25) is 0 Å². The summed E-state index contributed by atoms with van der Waals surface area (Å²) >= 11 is 0. The fourth-order valence-corrected chi connectivity index (χ4v) is 4.39. The molecular formula is C19H28N6O4. The predicted octanol–water partition coefficient (Wildman–Crippen LogP) is -0.274. The number of piperidine rings is 1. The monoisotopic (exact) mass is 404 g/mol. The molecule has 4 rings (SSSR count). The third-order valence-corrected chi connectivity index (χ3v) is 5.86. The summed E-state index contributed by atoms with van der Waals surface area (Å²) in [5.41, 5.74) is 0.903. The van der Waals surface area contributed by atoms with E-state index < -0.39 is 6.03 Å². The fourth-order valence-electron chi connectivity index (χ4n) is 4.39. The number of ether oxygens (including phenoxy) is 1. The van der Waals surface area contributed by atoms with Crippen molar-refractivity contribution < 1.29 is 19.1 Å². The first-order valence-corrected chi connectivity index (χ1v) is 10.2. The molecule has 10 nitrogen and oxygen atoms in total. The minimum absolute atomic E-state index is 0.0567. The molecule has 1 aromatic heterocycles. The highest BCUT2D eigenvalue weighted by Gasteiger charge is 2.40. The topological polar surface area (TPSA) is 100 Å². The summed E-state index contributed by atoms with van der Waals surface area (Å²) in [7, 11) is 1.84. The van der Waals surface area contributed by atoms with Gasteiger partial charge in [-0.2, -0.15) is 5.10 Å². The van der Waals surface area contributed by atoms with E-state index in [-0.39, 0.29) is 37.0 Å². The Morgan fingerprint density at radius 1 is 1.24 bits per heavy atom. The number of amides is 4. The summed E-state index contributed by atoms with van der Waals surface area (Å²) in [6.07, 6.45) is 7.09. The van der Waals surface area contributed by atoms with E-state index in [1.807, 2.05) is 13.2 Å². The Labute approximate surface area is 169 Å². The van der Waals surface area contributed by atoms with Crippen LogP contribution < -0.4 is 5.32 Å². The van der Waals surface area contributed by atoms with Crippen LogP contribution in [0, 0.1) is 0 Å². The van der Waals surface area contributed by atoms with Crippen LogP contribution in [0.3, 0.4) is 0 Å². The standard InChI is InChI=1S/C19H28N6O4/c1-22-11-14(9-21-22)18-15(12-23-5-3-2-4-6-23)29-8-7-24(18)17(27)13-25-16(26)10-20-19(25)28/h9,11,15,18H,2-8,10,12-13H2,1H3,(H,20,28)/t15-,18-/m0/s1. The first-order chi connectivity index (χ1) is 14.0. The molecule has 0 saturated carbocycles. The zero-order chi connectivity index (χ0) is 20.4. The number of hydrogen-bond donors (Lipinski definition) is 1. The van der Waals surface area contributed by atoms with Crippen LogP contribution in [-0.2, 0) is 21.4 Å². The van der Waals surface area contributed by atoms with Crippen molar-refractivity contribution in [3.63, 3.8) is 0 Å². The van der Waals surface area contributed by atoms with Gasteiger partial charge in [0, 0.05) is 31.9 Å². The maximum absolute atomic E-state index is 13.1. The van der Waals surface area contributed by atoms with Crippen molar-refractivity contribution >= 4 is 17.8 Å². The van der Waals surface area contributed by atoms with Gasteiger partial charge < -0.3 is 19.9 Å². The highest BCUT2D eigenvalue weighted by molar-refractivity contribution is 6.04. The molecule has 0 bridgehead atoms. The molecule has 2 atom stereocenters. The van der Waals surface area contributed by atoms with Crippen LogP contribution in [0.4, 0.5) is 4.79 Å². The van der Waals surface area contributed by atoms with Crippen LogP contribution in [0.1, 0.15) is 30.9 Å². The number of rotatable bonds is 5. The van der Waals surface area contributed by atoms with Crippen molar-refractivity contribution in [1.82, 2.24) is 29.8 Å². The maximum Gasteiger partial charge on any atom is 0.325 e. The average Bonchev–Trinajstić information content (AvgIpc) is 3.29. The number of nitrogens with one attached hydrogen (secondary N) is 1. The van der Waals surface area contributed by atoms with Gasteiger partial charge in [-0.15, -0.1) is 0 Å². The largest absolute Gasteiger partial charge is 0.373 e. The predicted molar refractivity (Wildman–Crippen MR) is 103 cm³/mol. The van der Waals surface area contributed by atoms with E-state index in [9.17, 15) is 14.4 Å². The van der Waals surface area contributed by atoms with Crippen LogP contribution in [0.25, 0.3) is 0 Å². The van der Waals surface area contributed by atoms with Gasteiger partial charge in [0.1, 0.15) is 6.54 Å². The number of likely N-dealkylation sites (tertiary alicyclic amines) is 1. The number of carbonyl (C=O) groups excluding carboxylic acids is 3.